The number of phosphoric acid groups is 2. The number of unbranched alkanes of at least 4 members (excludes halogenated alkanes) is 44. The Morgan fingerprint density at radius 3 is 0.723 bits per heavy atom. The van der Waals surface area contributed by atoms with Crippen molar-refractivity contribution in [3.63, 3.8) is 0 Å². The fourth-order valence-corrected chi connectivity index (χ4v) is 13.1. The number of hydrogen-bond acceptors (Lipinski definition) is 15. The highest BCUT2D eigenvalue weighted by Gasteiger charge is 2.30. The first-order valence-corrected chi connectivity index (χ1v) is 42.0. The van der Waals surface area contributed by atoms with Gasteiger partial charge in [0.25, 0.3) is 0 Å². The standard InChI is InChI=1S/C75H146O17P2/c1-7-9-11-13-15-16-17-18-19-20-21-22-23-24-29-35-41-47-53-59-74(79)92-71(64-86-73(78)58-52-46-40-34-30-25-27-32-38-43-49-55-67(3)4)66-90-94(83,84)88-62-69(76)61-87-93(81,82)89-65-70(63-85-72(77)57-51-45-37-14-12-10-8-2)91-75(80)60-54-48-42-36-31-26-28-33-39-44-50-56-68(5)6/h67-71,76H,7-66H2,1-6H3,(H,81,82)(H,83,84)/t69-,70+,71+/m0/s1. The van der Waals surface area contributed by atoms with Gasteiger partial charge in [-0.1, -0.05) is 337 Å². The van der Waals surface area contributed by atoms with Gasteiger partial charge in [0.1, 0.15) is 19.3 Å². The molecule has 0 spiro atoms. The molecule has 0 aromatic carbocycles. The zero-order chi connectivity index (χ0) is 69.3. The Morgan fingerprint density at radius 2 is 0.489 bits per heavy atom. The first-order valence-electron chi connectivity index (χ1n) is 39.0. The molecule has 2 unspecified atom stereocenters. The van der Waals surface area contributed by atoms with Crippen LogP contribution in [-0.4, -0.2) is 96.7 Å². The van der Waals surface area contributed by atoms with Crippen LogP contribution in [0, 0.1) is 11.8 Å². The molecular weight excluding hydrogens is 1230 g/mol. The van der Waals surface area contributed by atoms with Crippen LogP contribution >= 0.6 is 15.6 Å². The summed E-state index contributed by atoms with van der Waals surface area (Å²) in [6.07, 6.45) is 54.3. The SMILES string of the molecule is CCCCCCCCCCCCCCCCCCCCCC(=O)O[C@H](COC(=O)CCCCCCCCCCCCCC(C)C)COP(=O)(O)OC[C@@H](O)COP(=O)(O)OC[C@@H](COC(=O)CCCCCCCCC)OC(=O)CCCCCCCCCCCCCC(C)C. The molecule has 3 N–H and O–H groups in total. The summed E-state index contributed by atoms with van der Waals surface area (Å²) >= 11 is 0. The summed E-state index contributed by atoms with van der Waals surface area (Å²) in [4.78, 5) is 72.6. The fraction of sp³-hybridized carbons (Fsp3) is 0.947. The molecule has 5 atom stereocenters. The van der Waals surface area contributed by atoms with Crippen LogP contribution in [-0.2, 0) is 65.4 Å². The maximum absolute atomic E-state index is 13.1. The smallest absolute Gasteiger partial charge is 0.462 e. The van der Waals surface area contributed by atoms with Crippen molar-refractivity contribution in [1.29, 1.82) is 0 Å². The van der Waals surface area contributed by atoms with Crippen molar-refractivity contribution in [3.8, 4) is 0 Å². The third kappa shape index (κ3) is 68.6. The molecule has 0 heterocycles. The molecule has 17 nitrogen and oxygen atoms in total. The molecule has 0 saturated heterocycles. The zero-order valence-corrected chi connectivity index (χ0v) is 63.1. The van der Waals surface area contributed by atoms with Crippen LogP contribution in [0.3, 0.4) is 0 Å². The van der Waals surface area contributed by atoms with Gasteiger partial charge in [0.2, 0.25) is 0 Å². The lowest BCUT2D eigenvalue weighted by atomic mass is 10.0. The molecule has 19 heteroatoms. The van der Waals surface area contributed by atoms with E-state index >= 15 is 0 Å². The Balaban J connectivity index is 5.19. The van der Waals surface area contributed by atoms with Crippen LogP contribution in [0.5, 0.6) is 0 Å². The number of hydrogen-bond donors (Lipinski definition) is 3. The van der Waals surface area contributed by atoms with E-state index < -0.39 is 97.5 Å². The summed E-state index contributed by atoms with van der Waals surface area (Å²) in [5.74, 6) is -0.585. The minimum atomic E-state index is -4.96. The second-order valence-corrected chi connectivity index (χ2v) is 30.9. The molecule has 0 bridgehead atoms. The summed E-state index contributed by atoms with van der Waals surface area (Å²) < 4.78 is 68.4. The van der Waals surface area contributed by atoms with Crippen molar-refractivity contribution in [3.05, 3.63) is 0 Å². The Kier molecular flexibility index (Phi) is 65.5. The molecule has 0 aliphatic rings. The van der Waals surface area contributed by atoms with Crippen LogP contribution in [0.4, 0.5) is 0 Å². The van der Waals surface area contributed by atoms with Gasteiger partial charge in [-0.25, -0.2) is 9.13 Å². The van der Waals surface area contributed by atoms with Crippen molar-refractivity contribution in [2.45, 2.75) is 407 Å². The van der Waals surface area contributed by atoms with Crippen molar-refractivity contribution in [2.24, 2.45) is 11.8 Å². The molecule has 94 heavy (non-hydrogen) atoms. The molecule has 0 rings (SSSR count). The predicted octanol–water partition coefficient (Wildman–Crippen LogP) is 21.9. The number of phosphoric ester groups is 2. The fourth-order valence-electron chi connectivity index (χ4n) is 11.5. The summed E-state index contributed by atoms with van der Waals surface area (Å²) in [5, 5.41) is 10.6. The number of aliphatic hydroxyl groups excluding tert-OH is 1. The zero-order valence-electron chi connectivity index (χ0n) is 61.3. The van der Waals surface area contributed by atoms with E-state index in [2.05, 4.69) is 41.5 Å². The number of esters is 4. The molecular formula is C75H146O17P2. The Hall–Kier alpha value is -1.94. The molecule has 0 fully saturated rings. The normalized spacial score (nSPS) is 14.0. The maximum atomic E-state index is 13.1. The Bertz CT molecular complexity index is 1820. The van der Waals surface area contributed by atoms with Crippen LogP contribution < -0.4 is 0 Å². The van der Waals surface area contributed by atoms with Gasteiger partial charge in [-0.2, -0.15) is 0 Å². The van der Waals surface area contributed by atoms with Gasteiger partial charge in [0.15, 0.2) is 12.2 Å². The van der Waals surface area contributed by atoms with Crippen LogP contribution in [0.1, 0.15) is 388 Å². The number of aliphatic hydroxyl groups is 1. The number of rotatable bonds is 74. The molecule has 0 aliphatic carbocycles. The number of carbonyl (C=O) groups is 4. The molecule has 0 aromatic rings. The van der Waals surface area contributed by atoms with Crippen molar-refractivity contribution in [1.82, 2.24) is 0 Å². The van der Waals surface area contributed by atoms with E-state index in [-0.39, 0.29) is 25.7 Å². The summed E-state index contributed by atoms with van der Waals surface area (Å²) in [6, 6.07) is 0. The van der Waals surface area contributed by atoms with Gasteiger partial charge >= 0.3 is 39.5 Å². The quantitative estimate of drug-likeness (QED) is 0.0222. The Morgan fingerprint density at radius 1 is 0.287 bits per heavy atom. The van der Waals surface area contributed by atoms with E-state index in [1.807, 2.05) is 0 Å². The first-order chi connectivity index (χ1) is 45.4. The highest BCUT2D eigenvalue weighted by atomic mass is 31.2. The minimum Gasteiger partial charge on any atom is -0.462 e. The van der Waals surface area contributed by atoms with Crippen LogP contribution in [0.25, 0.3) is 0 Å². The summed E-state index contributed by atoms with van der Waals surface area (Å²) in [7, 11) is -9.90. The van der Waals surface area contributed by atoms with E-state index in [1.165, 1.54) is 193 Å². The molecule has 0 amide bonds. The lowest BCUT2D eigenvalue weighted by Gasteiger charge is -2.21. The van der Waals surface area contributed by atoms with Crippen molar-refractivity contribution in [2.75, 3.05) is 39.6 Å². The summed E-state index contributed by atoms with van der Waals surface area (Å²) in [6.45, 7) is 9.55. The second-order valence-electron chi connectivity index (χ2n) is 28.0. The average Bonchev–Trinajstić information content (AvgIpc) is 1.23. The highest BCUT2D eigenvalue weighted by Crippen LogP contribution is 2.45. The lowest BCUT2D eigenvalue weighted by molar-refractivity contribution is -0.161. The monoisotopic (exact) mass is 1380 g/mol. The number of carbonyl (C=O) groups excluding carboxylic acids is 4. The Labute approximate surface area is 575 Å². The second kappa shape index (κ2) is 66.9. The van der Waals surface area contributed by atoms with Gasteiger partial charge in [0.05, 0.1) is 26.4 Å². The van der Waals surface area contributed by atoms with Gasteiger partial charge in [0, 0.05) is 25.7 Å². The molecule has 0 aromatic heterocycles. The largest absolute Gasteiger partial charge is 0.472 e. The van der Waals surface area contributed by atoms with Gasteiger partial charge in [-0.05, 0) is 37.5 Å². The van der Waals surface area contributed by atoms with E-state index in [4.69, 9.17) is 37.0 Å². The first kappa shape index (κ1) is 92.1. The third-order valence-corrected chi connectivity index (χ3v) is 19.4. The average molecular weight is 1380 g/mol. The number of ether oxygens (including phenoxy) is 4. The maximum Gasteiger partial charge on any atom is 0.472 e. The van der Waals surface area contributed by atoms with E-state index in [0.717, 1.165) is 115 Å². The molecule has 0 saturated carbocycles. The van der Waals surface area contributed by atoms with E-state index in [1.54, 1.807) is 0 Å². The third-order valence-electron chi connectivity index (χ3n) is 17.5. The van der Waals surface area contributed by atoms with E-state index in [0.29, 0.717) is 25.7 Å². The topological polar surface area (TPSA) is 237 Å². The molecule has 0 aliphatic heterocycles. The van der Waals surface area contributed by atoms with Crippen LogP contribution in [0.15, 0.2) is 0 Å². The molecule has 558 valence electrons. The van der Waals surface area contributed by atoms with Gasteiger partial charge in [-0.15, -0.1) is 0 Å². The van der Waals surface area contributed by atoms with Gasteiger partial charge in [-0.3, -0.25) is 37.3 Å². The summed E-state index contributed by atoms with van der Waals surface area (Å²) in [5.41, 5.74) is 0. The molecule has 0 radical (unpaired) electrons. The predicted molar refractivity (Wildman–Crippen MR) is 381 cm³/mol. The van der Waals surface area contributed by atoms with E-state index in [9.17, 15) is 43.2 Å². The highest BCUT2D eigenvalue weighted by molar-refractivity contribution is 7.47. The van der Waals surface area contributed by atoms with Crippen LogP contribution in [0.2, 0.25) is 0 Å². The van der Waals surface area contributed by atoms with Crippen molar-refractivity contribution >= 4 is 39.5 Å². The van der Waals surface area contributed by atoms with Gasteiger partial charge < -0.3 is 33.8 Å². The van der Waals surface area contributed by atoms with Crippen molar-refractivity contribution < 1.29 is 80.2 Å². The lowest BCUT2D eigenvalue weighted by Crippen LogP contribution is -2.30. The minimum absolute atomic E-state index is 0.106.